The molecule has 0 N–H and O–H groups in total. The molecule has 90 valence electrons. The zero-order chi connectivity index (χ0) is 12.3. The van der Waals surface area contributed by atoms with Crippen LogP contribution in [0.3, 0.4) is 0 Å². The van der Waals surface area contributed by atoms with Crippen LogP contribution < -0.4 is 4.84 Å². The Morgan fingerprint density at radius 3 is 2.59 bits per heavy atom. The average Bonchev–Trinajstić information content (AvgIpc) is 2.78. The number of alkyl halides is 3. The van der Waals surface area contributed by atoms with Gasteiger partial charge in [0, 0.05) is 5.56 Å². The molecule has 0 amide bonds. The first-order chi connectivity index (χ1) is 8.07. The van der Waals surface area contributed by atoms with Crippen molar-refractivity contribution in [3.05, 3.63) is 53.9 Å². The van der Waals surface area contributed by atoms with Crippen LogP contribution in [0.2, 0.25) is 0 Å². The Balaban J connectivity index is 2.16. The summed E-state index contributed by atoms with van der Waals surface area (Å²) in [5.74, 6) is 0. The number of halogens is 3. The van der Waals surface area contributed by atoms with Crippen molar-refractivity contribution in [2.75, 3.05) is 0 Å². The molecule has 0 bridgehead atoms. The molecule has 0 saturated carbocycles. The lowest BCUT2D eigenvalue weighted by Gasteiger charge is -2.12. The molecule has 1 aromatic heterocycles. The summed E-state index contributed by atoms with van der Waals surface area (Å²) in [5.41, 5.74) is -0.609. The summed E-state index contributed by atoms with van der Waals surface area (Å²) in [6.45, 7) is -0.183. The lowest BCUT2D eigenvalue weighted by atomic mass is 10.1. The first-order valence-corrected chi connectivity index (χ1v) is 4.85. The van der Waals surface area contributed by atoms with Crippen LogP contribution in [0, 0.1) is 0 Å². The van der Waals surface area contributed by atoms with Crippen molar-refractivity contribution in [2.24, 2.45) is 0 Å². The van der Waals surface area contributed by atoms with E-state index in [-0.39, 0.29) is 12.2 Å². The Bertz CT molecular complexity index is 480. The van der Waals surface area contributed by atoms with E-state index >= 15 is 0 Å². The monoisotopic (exact) mass is 242 g/mol. The molecule has 3 nitrogen and oxygen atoms in total. The van der Waals surface area contributed by atoms with Gasteiger partial charge in [0.2, 0.25) is 0 Å². The normalized spacial score (nSPS) is 11.5. The van der Waals surface area contributed by atoms with E-state index in [1.807, 2.05) is 0 Å². The van der Waals surface area contributed by atoms with Gasteiger partial charge in [0.25, 0.3) is 0 Å². The van der Waals surface area contributed by atoms with E-state index in [4.69, 9.17) is 4.84 Å². The fraction of sp³-hybridized carbons (Fsp3) is 0.182. The lowest BCUT2D eigenvalue weighted by Crippen LogP contribution is -2.15. The van der Waals surface area contributed by atoms with E-state index in [1.165, 1.54) is 30.6 Å². The quantitative estimate of drug-likeness (QED) is 0.827. The molecule has 0 radical (unpaired) electrons. The van der Waals surface area contributed by atoms with Gasteiger partial charge in [-0.25, -0.2) is 0 Å². The van der Waals surface area contributed by atoms with Crippen LogP contribution in [-0.2, 0) is 12.8 Å². The second-order valence-electron chi connectivity index (χ2n) is 3.34. The first-order valence-electron chi connectivity index (χ1n) is 4.85. The highest BCUT2D eigenvalue weighted by atomic mass is 19.4. The molecule has 0 aliphatic carbocycles. The summed E-state index contributed by atoms with van der Waals surface area (Å²) in [4.78, 5) is 6.19. The van der Waals surface area contributed by atoms with Gasteiger partial charge in [-0.1, -0.05) is 18.2 Å². The second-order valence-corrected chi connectivity index (χ2v) is 3.34. The molecule has 0 saturated heterocycles. The summed E-state index contributed by atoms with van der Waals surface area (Å²) >= 11 is 0. The smallest absolute Gasteiger partial charge is 0.392 e. The minimum atomic E-state index is -4.37. The van der Waals surface area contributed by atoms with Crippen molar-refractivity contribution in [2.45, 2.75) is 12.8 Å². The van der Waals surface area contributed by atoms with Crippen LogP contribution in [0.4, 0.5) is 13.2 Å². The number of nitrogens with zero attached hydrogens (tertiary/aromatic N) is 2. The highest BCUT2D eigenvalue weighted by molar-refractivity contribution is 5.28. The molecule has 0 unspecified atom stereocenters. The largest absolute Gasteiger partial charge is 0.416 e. The predicted octanol–water partition coefficient (Wildman–Crippen LogP) is 2.53. The molecule has 6 heteroatoms. The molecular weight excluding hydrogens is 233 g/mol. The number of hydrogen-bond donors (Lipinski definition) is 0. The van der Waals surface area contributed by atoms with Crippen LogP contribution >= 0.6 is 0 Å². The van der Waals surface area contributed by atoms with Gasteiger partial charge in [-0.3, -0.25) is 0 Å². The maximum Gasteiger partial charge on any atom is 0.416 e. The molecule has 0 aliphatic rings. The molecule has 0 spiro atoms. The van der Waals surface area contributed by atoms with Crippen molar-refractivity contribution in [1.82, 2.24) is 9.94 Å². The maximum absolute atomic E-state index is 12.6. The van der Waals surface area contributed by atoms with E-state index in [2.05, 4.69) is 5.10 Å². The summed E-state index contributed by atoms with van der Waals surface area (Å²) < 4.78 is 37.9. The van der Waals surface area contributed by atoms with E-state index in [1.54, 1.807) is 6.07 Å². The molecule has 17 heavy (non-hydrogen) atoms. The molecular formula is C11H9F3N2O. The van der Waals surface area contributed by atoms with E-state index < -0.39 is 11.7 Å². The highest BCUT2D eigenvalue weighted by Crippen LogP contribution is 2.31. The van der Waals surface area contributed by atoms with Crippen LogP contribution in [0.15, 0.2) is 42.7 Å². The zero-order valence-electron chi connectivity index (χ0n) is 8.69. The molecule has 2 rings (SSSR count). The van der Waals surface area contributed by atoms with Gasteiger partial charge in [-0.05, 0) is 12.1 Å². The third-order valence-electron chi connectivity index (χ3n) is 2.16. The van der Waals surface area contributed by atoms with Crippen molar-refractivity contribution >= 4 is 0 Å². The zero-order valence-corrected chi connectivity index (χ0v) is 8.69. The van der Waals surface area contributed by atoms with Crippen molar-refractivity contribution in [3.8, 4) is 0 Å². The SMILES string of the molecule is FC(F)(F)c1ccccc1COn1cccn1. The first kappa shape index (κ1) is 11.5. The Hall–Kier alpha value is -1.98. The second kappa shape index (κ2) is 4.48. The van der Waals surface area contributed by atoms with Crippen molar-refractivity contribution in [3.63, 3.8) is 0 Å². The Morgan fingerprint density at radius 1 is 1.18 bits per heavy atom. The standard InChI is InChI=1S/C11H9F3N2O/c12-11(13,14)10-5-2-1-4-9(10)8-17-16-7-3-6-15-16/h1-7H,8H2. The van der Waals surface area contributed by atoms with E-state index in [9.17, 15) is 13.2 Å². The van der Waals surface area contributed by atoms with Crippen LogP contribution in [0.5, 0.6) is 0 Å². The number of aromatic nitrogens is 2. The van der Waals surface area contributed by atoms with Crippen molar-refractivity contribution < 1.29 is 18.0 Å². The molecule has 1 aromatic carbocycles. The molecule has 1 heterocycles. The lowest BCUT2D eigenvalue weighted by molar-refractivity contribution is -0.139. The predicted molar refractivity (Wildman–Crippen MR) is 54.0 cm³/mol. The van der Waals surface area contributed by atoms with Crippen molar-refractivity contribution in [1.29, 1.82) is 0 Å². The minimum Gasteiger partial charge on any atom is -0.392 e. The summed E-state index contributed by atoms with van der Waals surface area (Å²) in [7, 11) is 0. The molecule has 0 fully saturated rings. The number of benzene rings is 1. The van der Waals surface area contributed by atoms with Gasteiger partial charge in [-0.15, -0.1) is 9.94 Å². The molecule has 0 aliphatic heterocycles. The summed E-state index contributed by atoms with van der Waals surface area (Å²) in [5, 5.41) is 3.74. The third kappa shape index (κ3) is 2.77. The van der Waals surface area contributed by atoms with Crippen LogP contribution in [0.1, 0.15) is 11.1 Å². The average molecular weight is 242 g/mol. The van der Waals surface area contributed by atoms with Crippen LogP contribution in [0.25, 0.3) is 0 Å². The fourth-order valence-electron chi connectivity index (χ4n) is 1.39. The topological polar surface area (TPSA) is 27.1 Å². The Labute approximate surface area is 95.4 Å². The summed E-state index contributed by atoms with van der Waals surface area (Å²) in [6.07, 6.45) is -1.38. The van der Waals surface area contributed by atoms with Gasteiger partial charge < -0.3 is 4.84 Å². The van der Waals surface area contributed by atoms with E-state index in [0.29, 0.717) is 0 Å². The number of hydrogen-bond acceptors (Lipinski definition) is 2. The Kier molecular flexibility index (Phi) is 3.03. The van der Waals surface area contributed by atoms with Gasteiger partial charge >= 0.3 is 6.18 Å². The van der Waals surface area contributed by atoms with Crippen LogP contribution in [-0.4, -0.2) is 9.94 Å². The highest BCUT2D eigenvalue weighted by Gasteiger charge is 2.32. The van der Waals surface area contributed by atoms with Gasteiger partial charge in [-0.2, -0.15) is 13.2 Å². The Morgan fingerprint density at radius 2 is 1.94 bits per heavy atom. The van der Waals surface area contributed by atoms with Gasteiger partial charge in [0.05, 0.1) is 18.0 Å². The molecule has 0 atom stereocenters. The third-order valence-corrected chi connectivity index (χ3v) is 2.16. The fourth-order valence-corrected chi connectivity index (χ4v) is 1.39. The number of rotatable bonds is 3. The molecule has 2 aromatic rings. The van der Waals surface area contributed by atoms with Gasteiger partial charge in [0.15, 0.2) is 0 Å². The minimum absolute atomic E-state index is 0.0792. The van der Waals surface area contributed by atoms with E-state index in [0.717, 1.165) is 10.9 Å². The van der Waals surface area contributed by atoms with Gasteiger partial charge in [0.1, 0.15) is 6.61 Å². The summed E-state index contributed by atoms with van der Waals surface area (Å²) in [6, 6.07) is 6.92. The maximum atomic E-state index is 12.6.